The SMILES string of the molecule is COP(=O)(OC)OC.[Ce]. The maximum Gasteiger partial charge on any atom is 0.473 e. The molecule has 0 saturated carbocycles. The normalized spacial score (nSPS) is 10.6. The fourth-order valence-electron chi connectivity index (χ4n) is 0.224. The summed E-state index contributed by atoms with van der Waals surface area (Å²) in [6, 6.07) is 0. The van der Waals surface area contributed by atoms with Crippen molar-refractivity contribution in [1.82, 2.24) is 0 Å². The van der Waals surface area contributed by atoms with Crippen molar-refractivity contribution in [3.8, 4) is 0 Å². The Morgan fingerprint density at radius 2 is 1.22 bits per heavy atom. The second kappa shape index (κ2) is 6.21. The van der Waals surface area contributed by atoms with E-state index in [1.54, 1.807) is 0 Å². The molecule has 0 aromatic carbocycles. The Morgan fingerprint density at radius 1 is 1.00 bits per heavy atom. The molecular weight excluding hydrogens is 271 g/mol. The van der Waals surface area contributed by atoms with E-state index in [2.05, 4.69) is 13.6 Å². The summed E-state index contributed by atoms with van der Waals surface area (Å²) in [5, 5.41) is 0. The summed E-state index contributed by atoms with van der Waals surface area (Å²) in [4.78, 5) is 0. The Bertz CT molecular complexity index is 87.0. The van der Waals surface area contributed by atoms with Gasteiger partial charge in [0.05, 0.1) is 0 Å². The molecule has 0 N–H and O–H groups in total. The molecule has 0 aliphatic heterocycles. The zero-order chi connectivity index (χ0) is 6.62. The van der Waals surface area contributed by atoms with Crippen LogP contribution in [0.5, 0.6) is 0 Å². The molecule has 9 heavy (non-hydrogen) atoms. The van der Waals surface area contributed by atoms with Crippen LogP contribution >= 0.6 is 7.82 Å². The van der Waals surface area contributed by atoms with Crippen LogP contribution in [0.4, 0.5) is 0 Å². The molecule has 0 heterocycles. The molecule has 0 fully saturated rings. The van der Waals surface area contributed by atoms with Gasteiger partial charge < -0.3 is 0 Å². The van der Waals surface area contributed by atoms with Gasteiger partial charge in [-0.25, -0.2) is 4.57 Å². The largest absolute Gasteiger partial charge is 0.473 e. The molecule has 0 spiro atoms. The summed E-state index contributed by atoms with van der Waals surface area (Å²) in [6.07, 6.45) is 0. The molecule has 0 atom stereocenters. The van der Waals surface area contributed by atoms with Crippen LogP contribution in [0.1, 0.15) is 0 Å². The molecule has 0 amide bonds. The van der Waals surface area contributed by atoms with Gasteiger partial charge in [0, 0.05) is 63.1 Å². The summed E-state index contributed by atoms with van der Waals surface area (Å²) in [5.41, 5.74) is 0. The maximum atomic E-state index is 10.7. The van der Waals surface area contributed by atoms with Gasteiger partial charge in [0.2, 0.25) is 0 Å². The number of hydrogen-bond acceptors (Lipinski definition) is 4. The van der Waals surface area contributed by atoms with E-state index in [1.807, 2.05) is 0 Å². The monoisotopic (exact) mass is 280 g/mol. The van der Waals surface area contributed by atoms with E-state index in [0.29, 0.717) is 0 Å². The smallest absolute Gasteiger partial charge is 0.290 e. The van der Waals surface area contributed by atoms with Gasteiger partial charge in [-0.2, -0.15) is 0 Å². The molecule has 0 aromatic rings. The van der Waals surface area contributed by atoms with Gasteiger partial charge in [0.25, 0.3) is 0 Å². The van der Waals surface area contributed by atoms with Gasteiger partial charge in [-0.15, -0.1) is 0 Å². The summed E-state index contributed by atoms with van der Waals surface area (Å²) >= 11 is 0. The van der Waals surface area contributed by atoms with Crippen LogP contribution in [0.2, 0.25) is 0 Å². The predicted octanol–water partition coefficient (Wildman–Crippen LogP) is 1.03. The standard InChI is InChI=1S/C3H9O4P.Ce/c1-5-8(4,6-2)7-3;/h1-3H3;. The van der Waals surface area contributed by atoms with E-state index in [0.717, 1.165) is 0 Å². The van der Waals surface area contributed by atoms with Gasteiger partial charge >= 0.3 is 7.82 Å². The van der Waals surface area contributed by atoms with Crippen LogP contribution in [-0.4, -0.2) is 21.3 Å². The summed E-state index contributed by atoms with van der Waals surface area (Å²) in [6.45, 7) is 0. The minimum absolute atomic E-state index is 0. The van der Waals surface area contributed by atoms with Crippen LogP contribution in [0.15, 0.2) is 0 Å². The first-order valence-corrected chi connectivity index (χ1v) is 3.42. The summed E-state index contributed by atoms with van der Waals surface area (Å²) in [5.74, 6) is 0. The molecule has 6 heteroatoms. The average molecular weight is 280 g/mol. The molecule has 0 bridgehead atoms. The molecule has 0 saturated heterocycles. The van der Waals surface area contributed by atoms with Crippen molar-refractivity contribution in [2.75, 3.05) is 21.3 Å². The Labute approximate surface area is 88.2 Å². The fourth-order valence-corrected chi connectivity index (χ4v) is 0.671. The van der Waals surface area contributed by atoms with Gasteiger partial charge in [-0.1, -0.05) is 0 Å². The minimum atomic E-state index is -3.16. The van der Waals surface area contributed by atoms with Gasteiger partial charge in [-0.3, -0.25) is 13.6 Å². The van der Waals surface area contributed by atoms with Crippen molar-refractivity contribution in [3.05, 3.63) is 0 Å². The average Bonchev–Trinajstić information content (AvgIpc) is 1.87. The van der Waals surface area contributed by atoms with Gasteiger partial charge in [-0.05, 0) is 0 Å². The molecule has 54 valence electrons. The molecule has 0 aliphatic carbocycles. The van der Waals surface area contributed by atoms with Crippen molar-refractivity contribution < 1.29 is 59.9 Å². The topological polar surface area (TPSA) is 44.8 Å². The van der Waals surface area contributed by atoms with Crippen molar-refractivity contribution in [2.24, 2.45) is 0 Å². The van der Waals surface area contributed by atoms with Crippen LogP contribution in [0.3, 0.4) is 0 Å². The Morgan fingerprint density at radius 3 is 1.22 bits per heavy atom. The molecule has 0 aliphatic rings. The Kier molecular flexibility index (Phi) is 9.05. The zero-order valence-electron chi connectivity index (χ0n) is 5.58. The third-order valence-electron chi connectivity index (χ3n) is 0.671. The first kappa shape index (κ1) is 13.1. The molecule has 0 aromatic heterocycles. The number of rotatable bonds is 3. The molecular formula is C3H9CeO4P. The van der Waals surface area contributed by atoms with E-state index in [-0.39, 0.29) is 41.7 Å². The minimum Gasteiger partial charge on any atom is -0.290 e. The Balaban J connectivity index is 0. The van der Waals surface area contributed by atoms with Crippen LogP contribution in [-0.2, 0) is 18.1 Å². The van der Waals surface area contributed by atoms with Crippen LogP contribution in [0.25, 0.3) is 0 Å². The third kappa shape index (κ3) is 4.84. The van der Waals surface area contributed by atoms with Crippen molar-refractivity contribution in [3.63, 3.8) is 0 Å². The van der Waals surface area contributed by atoms with E-state index < -0.39 is 7.82 Å². The van der Waals surface area contributed by atoms with Gasteiger partial charge in [0.1, 0.15) is 0 Å². The molecule has 4 nitrogen and oxygen atoms in total. The van der Waals surface area contributed by atoms with Gasteiger partial charge in [0.15, 0.2) is 0 Å². The van der Waals surface area contributed by atoms with E-state index >= 15 is 0 Å². The second-order valence-electron chi connectivity index (χ2n) is 0.995. The molecule has 0 unspecified atom stereocenters. The number of phosphoric ester groups is 1. The van der Waals surface area contributed by atoms with E-state index in [9.17, 15) is 4.57 Å². The third-order valence-corrected chi connectivity index (χ3v) is 2.01. The van der Waals surface area contributed by atoms with E-state index in [4.69, 9.17) is 0 Å². The van der Waals surface area contributed by atoms with Crippen molar-refractivity contribution in [1.29, 1.82) is 0 Å². The predicted molar refractivity (Wildman–Crippen MR) is 28.6 cm³/mol. The van der Waals surface area contributed by atoms with Crippen LogP contribution < -0.4 is 0 Å². The first-order valence-electron chi connectivity index (χ1n) is 1.96. The fraction of sp³-hybridized carbons (Fsp3) is 1.00. The van der Waals surface area contributed by atoms with Crippen molar-refractivity contribution in [2.45, 2.75) is 0 Å². The number of phosphoric acid groups is 1. The molecule has 0 radical (unpaired) electrons. The second-order valence-corrected chi connectivity index (χ2v) is 2.98. The summed E-state index contributed by atoms with van der Waals surface area (Å²) < 4.78 is 23.7. The van der Waals surface area contributed by atoms with Crippen LogP contribution in [0, 0.1) is 41.7 Å². The van der Waals surface area contributed by atoms with Crippen molar-refractivity contribution >= 4 is 7.82 Å². The summed E-state index contributed by atoms with van der Waals surface area (Å²) in [7, 11) is 0.611. The molecule has 0 rings (SSSR count). The maximum absolute atomic E-state index is 10.7. The Hall–Kier alpha value is 1.49. The zero-order valence-corrected chi connectivity index (χ0v) is 9.61. The first-order chi connectivity index (χ1) is 3.68. The van der Waals surface area contributed by atoms with E-state index in [1.165, 1.54) is 21.3 Å². The number of hydrogen-bond donors (Lipinski definition) is 0. The quantitative estimate of drug-likeness (QED) is 0.724.